The Balaban J connectivity index is 1.83. The highest BCUT2D eigenvalue weighted by molar-refractivity contribution is 5.65. The lowest BCUT2D eigenvalue weighted by atomic mass is 10.0. The van der Waals surface area contributed by atoms with Crippen molar-refractivity contribution in [2.24, 2.45) is 0 Å². The lowest BCUT2D eigenvalue weighted by Crippen LogP contribution is -2.37. The molecule has 0 atom stereocenters. The minimum atomic E-state index is 0.416. The SMILES string of the molecule is COC1CCN(c2ccc(N)c3c2COC3)CC1. The Labute approximate surface area is 108 Å². The quantitative estimate of drug-likeness (QED) is 0.812. The summed E-state index contributed by atoms with van der Waals surface area (Å²) in [5, 5.41) is 0. The smallest absolute Gasteiger partial charge is 0.0746 e. The zero-order chi connectivity index (χ0) is 12.5. The monoisotopic (exact) mass is 248 g/mol. The fraction of sp³-hybridized carbons (Fsp3) is 0.571. The maximum absolute atomic E-state index is 6.00. The predicted octanol–water partition coefficient (Wildman–Crippen LogP) is 1.91. The minimum Gasteiger partial charge on any atom is -0.398 e. The molecule has 3 rings (SSSR count). The summed E-state index contributed by atoms with van der Waals surface area (Å²) in [5.74, 6) is 0. The van der Waals surface area contributed by atoms with Crippen LogP contribution in [-0.4, -0.2) is 26.3 Å². The number of fused-ring (bicyclic) bond motifs is 1. The second-order valence-electron chi connectivity index (χ2n) is 5.05. The van der Waals surface area contributed by atoms with Gasteiger partial charge >= 0.3 is 0 Å². The number of piperidine rings is 1. The molecule has 4 nitrogen and oxygen atoms in total. The Morgan fingerprint density at radius 1 is 1.22 bits per heavy atom. The molecule has 4 heteroatoms. The first-order valence-corrected chi connectivity index (χ1v) is 6.55. The van der Waals surface area contributed by atoms with Gasteiger partial charge in [0.1, 0.15) is 0 Å². The number of ether oxygens (including phenoxy) is 2. The highest BCUT2D eigenvalue weighted by atomic mass is 16.5. The van der Waals surface area contributed by atoms with Crippen LogP contribution in [0.5, 0.6) is 0 Å². The van der Waals surface area contributed by atoms with Crippen LogP contribution < -0.4 is 10.6 Å². The van der Waals surface area contributed by atoms with Gasteiger partial charge in [0.05, 0.1) is 19.3 Å². The van der Waals surface area contributed by atoms with Gasteiger partial charge in [0.15, 0.2) is 0 Å². The summed E-state index contributed by atoms with van der Waals surface area (Å²) in [5.41, 5.74) is 10.6. The van der Waals surface area contributed by atoms with E-state index >= 15 is 0 Å². The van der Waals surface area contributed by atoms with Crippen molar-refractivity contribution in [3.63, 3.8) is 0 Å². The average molecular weight is 248 g/mol. The van der Waals surface area contributed by atoms with Gasteiger partial charge in [0.25, 0.3) is 0 Å². The maximum atomic E-state index is 6.00. The maximum Gasteiger partial charge on any atom is 0.0746 e. The second-order valence-corrected chi connectivity index (χ2v) is 5.05. The number of hydrogen-bond acceptors (Lipinski definition) is 4. The first kappa shape index (κ1) is 11.8. The Bertz CT molecular complexity index is 440. The Kier molecular flexibility index (Phi) is 3.14. The van der Waals surface area contributed by atoms with Gasteiger partial charge in [-0.2, -0.15) is 0 Å². The van der Waals surface area contributed by atoms with Crippen molar-refractivity contribution < 1.29 is 9.47 Å². The largest absolute Gasteiger partial charge is 0.398 e. The predicted molar refractivity (Wildman–Crippen MR) is 71.6 cm³/mol. The normalized spacial score (nSPS) is 20.2. The van der Waals surface area contributed by atoms with Crippen molar-refractivity contribution in [3.8, 4) is 0 Å². The Morgan fingerprint density at radius 2 is 1.94 bits per heavy atom. The molecule has 2 N–H and O–H groups in total. The van der Waals surface area contributed by atoms with E-state index in [1.165, 1.54) is 16.8 Å². The van der Waals surface area contributed by atoms with E-state index in [1.807, 2.05) is 6.07 Å². The van der Waals surface area contributed by atoms with E-state index in [2.05, 4.69) is 11.0 Å². The molecule has 0 aromatic heterocycles. The molecule has 0 saturated carbocycles. The zero-order valence-corrected chi connectivity index (χ0v) is 10.8. The zero-order valence-electron chi connectivity index (χ0n) is 10.8. The third-order valence-electron chi connectivity index (χ3n) is 4.05. The number of benzene rings is 1. The van der Waals surface area contributed by atoms with Gasteiger partial charge < -0.3 is 20.1 Å². The molecular weight excluding hydrogens is 228 g/mol. The molecule has 98 valence electrons. The molecule has 1 saturated heterocycles. The highest BCUT2D eigenvalue weighted by Gasteiger charge is 2.24. The molecule has 18 heavy (non-hydrogen) atoms. The molecule has 2 aliphatic heterocycles. The number of hydrogen-bond donors (Lipinski definition) is 1. The lowest BCUT2D eigenvalue weighted by molar-refractivity contribution is 0.0818. The molecule has 1 fully saturated rings. The summed E-state index contributed by atoms with van der Waals surface area (Å²) in [7, 11) is 1.80. The van der Waals surface area contributed by atoms with E-state index in [0.717, 1.165) is 31.6 Å². The Hall–Kier alpha value is -1.26. The number of nitrogens with two attached hydrogens (primary N) is 1. The summed E-state index contributed by atoms with van der Waals surface area (Å²) < 4.78 is 11.0. The molecule has 0 radical (unpaired) electrons. The van der Waals surface area contributed by atoms with Crippen molar-refractivity contribution in [2.45, 2.75) is 32.2 Å². The van der Waals surface area contributed by atoms with E-state index in [-0.39, 0.29) is 0 Å². The van der Waals surface area contributed by atoms with Crippen LogP contribution >= 0.6 is 0 Å². The van der Waals surface area contributed by atoms with Gasteiger partial charge in [-0.1, -0.05) is 0 Å². The van der Waals surface area contributed by atoms with E-state index in [0.29, 0.717) is 19.3 Å². The fourth-order valence-corrected chi connectivity index (χ4v) is 2.91. The molecule has 0 aliphatic carbocycles. The van der Waals surface area contributed by atoms with Gasteiger partial charge in [-0.15, -0.1) is 0 Å². The number of nitrogens with zero attached hydrogens (tertiary/aromatic N) is 1. The van der Waals surface area contributed by atoms with Gasteiger partial charge in [0, 0.05) is 42.7 Å². The summed E-state index contributed by atoms with van der Waals surface area (Å²) in [6.45, 7) is 3.45. The molecule has 2 heterocycles. The fourth-order valence-electron chi connectivity index (χ4n) is 2.91. The number of anilines is 2. The van der Waals surface area contributed by atoms with Crippen LogP contribution in [0.25, 0.3) is 0 Å². The van der Waals surface area contributed by atoms with Crippen LogP contribution in [0, 0.1) is 0 Å². The molecule has 1 aromatic carbocycles. The van der Waals surface area contributed by atoms with Gasteiger partial charge in [-0.25, -0.2) is 0 Å². The van der Waals surface area contributed by atoms with Crippen molar-refractivity contribution >= 4 is 11.4 Å². The highest BCUT2D eigenvalue weighted by Crippen LogP contribution is 2.35. The summed E-state index contributed by atoms with van der Waals surface area (Å²) >= 11 is 0. The molecule has 2 aliphatic rings. The second kappa shape index (κ2) is 4.78. The van der Waals surface area contributed by atoms with Crippen LogP contribution in [-0.2, 0) is 22.7 Å². The molecular formula is C14H20N2O2. The van der Waals surface area contributed by atoms with Gasteiger partial charge in [-0.3, -0.25) is 0 Å². The van der Waals surface area contributed by atoms with Gasteiger partial charge in [-0.05, 0) is 25.0 Å². The molecule has 0 amide bonds. The van der Waals surface area contributed by atoms with E-state index < -0.39 is 0 Å². The number of methoxy groups -OCH3 is 1. The van der Waals surface area contributed by atoms with E-state index in [9.17, 15) is 0 Å². The van der Waals surface area contributed by atoms with Crippen molar-refractivity contribution in [1.82, 2.24) is 0 Å². The van der Waals surface area contributed by atoms with Crippen molar-refractivity contribution in [3.05, 3.63) is 23.3 Å². The van der Waals surface area contributed by atoms with Crippen LogP contribution in [0.4, 0.5) is 11.4 Å². The van der Waals surface area contributed by atoms with Gasteiger partial charge in [0.2, 0.25) is 0 Å². The molecule has 0 spiro atoms. The summed E-state index contributed by atoms with van der Waals surface area (Å²) in [6.07, 6.45) is 2.60. The average Bonchev–Trinajstić information content (AvgIpc) is 2.90. The third-order valence-corrected chi connectivity index (χ3v) is 4.05. The van der Waals surface area contributed by atoms with Crippen LogP contribution in [0.1, 0.15) is 24.0 Å². The lowest BCUT2D eigenvalue weighted by Gasteiger charge is -2.34. The Morgan fingerprint density at radius 3 is 2.67 bits per heavy atom. The summed E-state index contributed by atoms with van der Waals surface area (Å²) in [6, 6.07) is 4.14. The third kappa shape index (κ3) is 1.95. The number of rotatable bonds is 2. The molecule has 0 bridgehead atoms. The standard InChI is InChI=1S/C14H20N2O2/c1-17-10-4-6-16(7-5-10)14-3-2-13(15)11-8-18-9-12(11)14/h2-3,10H,4-9,15H2,1H3. The van der Waals surface area contributed by atoms with Crippen molar-refractivity contribution in [1.29, 1.82) is 0 Å². The molecule has 0 unspecified atom stereocenters. The topological polar surface area (TPSA) is 47.7 Å². The van der Waals surface area contributed by atoms with E-state index in [4.69, 9.17) is 15.2 Å². The first-order chi connectivity index (χ1) is 8.79. The van der Waals surface area contributed by atoms with E-state index in [1.54, 1.807) is 7.11 Å². The first-order valence-electron chi connectivity index (χ1n) is 6.55. The van der Waals surface area contributed by atoms with Crippen molar-refractivity contribution in [2.75, 3.05) is 30.8 Å². The van der Waals surface area contributed by atoms with Crippen LogP contribution in [0.15, 0.2) is 12.1 Å². The minimum absolute atomic E-state index is 0.416. The number of nitrogen functional groups attached to an aromatic ring is 1. The molecule has 1 aromatic rings. The van der Waals surface area contributed by atoms with Crippen LogP contribution in [0.2, 0.25) is 0 Å². The summed E-state index contributed by atoms with van der Waals surface area (Å²) in [4.78, 5) is 2.43. The van der Waals surface area contributed by atoms with Crippen LogP contribution in [0.3, 0.4) is 0 Å².